The second-order valence-electron chi connectivity index (χ2n) is 4.15. The van der Waals surface area contributed by atoms with E-state index in [1.165, 1.54) is 21.3 Å². The molecule has 0 saturated carbocycles. The minimum Gasteiger partial charge on any atom is -0.493 e. The summed E-state index contributed by atoms with van der Waals surface area (Å²) in [5.41, 5.74) is 0.327. The third kappa shape index (κ3) is 3.54. The van der Waals surface area contributed by atoms with E-state index in [1.807, 2.05) is 6.92 Å². The summed E-state index contributed by atoms with van der Waals surface area (Å²) in [4.78, 5) is 12.1. The number of ether oxygens (including phenoxy) is 3. The molecule has 0 bridgehead atoms. The fourth-order valence-electron chi connectivity index (χ4n) is 1.73. The predicted molar refractivity (Wildman–Crippen MR) is 74.7 cm³/mol. The van der Waals surface area contributed by atoms with Gasteiger partial charge >= 0.3 is 0 Å². The highest BCUT2D eigenvalue weighted by Crippen LogP contribution is 2.39. The van der Waals surface area contributed by atoms with Crippen LogP contribution in [0.4, 0.5) is 0 Å². The third-order valence-electron chi connectivity index (χ3n) is 2.92. The SMILES string of the molecule is CCC(O)CNC(=O)c1ccc(OC)c(OC)c1OC. The van der Waals surface area contributed by atoms with Gasteiger partial charge in [-0.05, 0) is 18.6 Å². The topological polar surface area (TPSA) is 77.0 Å². The van der Waals surface area contributed by atoms with Gasteiger partial charge in [0.1, 0.15) is 0 Å². The largest absolute Gasteiger partial charge is 0.493 e. The molecule has 1 amide bonds. The highest BCUT2D eigenvalue weighted by molar-refractivity contribution is 5.98. The number of hydrogen-bond acceptors (Lipinski definition) is 5. The van der Waals surface area contributed by atoms with E-state index in [-0.39, 0.29) is 12.5 Å². The lowest BCUT2D eigenvalue weighted by Crippen LogP contribution is -2.32. The molecule has 0 aliphatic rings. The summed E-state index contributed by atoms with van der Waals surface area (Å²) < 4.78 is 15.6. The van der Waals surface area contributed by atoms with Gasteiger partial charge in [0, 0.05) is 6.54 Å². The number of carbonyl (C=O) groups excluding carboxylic acids is 1. The van der Waals surface area contributed by atoms with Gasteiger partial charge in [0.2, 0.25) is 5.75 Å². The fourth-order valence-corrected chi connectivity index (χ4v) is 1.73. The zero-order valence-corrected chi connectivity index (χ0v) is 12.2. The van der Waals surface area contributed by atoms with E-state index in [0.717, 1.165) is 0 Å². The smallest absolute Gasteiger partial charge is 0.255 e. The summed E-state index contributed by atoms with van der Waals surface area (Å²) in [6.07, 6.45) is 0.00803. The minimum absolute atomic E-state index is 0.187. The number of carbonyl (C=O) groups is 1. The van der Waals surface area contributed by atoms with E-state index < -0.39 is 6.10 Å². The Balaban J connectivity index is 3.02. The van der Waals surface area contributed by atoms with Crippen LogP contribution in [0.2, 0.25) is 0 Å². The Labute approximate surface area is 118 Å². The van der Waals surface area contributed by atoms with Crippen molar-refractivity contribution in [2.75, 3.05) is 27.9 Å². The zero-order valence-electron chi connectivity index (χ0n) is 12.2. The van der Waals surface area contributed by atoms with Crippen LogP contribution < -0.4 is 19.5 Å². The van der Waals surface area contributed by atoms with Crippen molar-refractivity contribution in [1.29, 1.82) is 0 Å². The molecule has 6 heteroatoms. The van der Waals surface area contributed by atoms with E-state index in [2.05, 4.69) is 5.32 Å². The van der Waals surface area contributed by atoms with Gasteiger partial charge in [0.15, 0.2) is 11.5 Å². The molecule has 1 rings (SSSR count). The average molecular weight is 283 g/mol. The highest BCUT2D eigenvalue weighted by Gasteiger charge is 2.20. The van der Waals surface area contributed by atoms with Crippen molar-refractivity contribution in [1.82, 2.24) is 5.32 Å². The minimum atomic E-state index is -0.565. The van der Waals surface area contributed by atoms with E-state index in [9.17, 15) is 9.90 Å². The van der Waals surface area contributed by atoms with Crippen molar-refractivity contribution >= 4 is 5.91 Å². The first-order valence-corrected chi connectivity index (χ1v) is 6.34. The quantitative estimate of drug-likeness (QED) is 0.786. The summed E-state index contributed by atoms with van der Waals surface area (Å²) >= 11 is 0. The molecule has 0 saturated heterocycles. The molecule has 0 aliphatic heterocycles. The van der Waals surface area contributed by atoms with Crippen molar-refractivity contribution in [3.63, 3.8) is 0 Å². The van der Waals surface area contributed by atoms with Crippen LogP contribution in [-0.4, -0.2) is 45.0 Å². The summed E-state index contributed by atoms with van der Waals surface area (Å²) in [7, 11) is 4.44. The van der Waals surface area contributed by atoms with Gasteiger partial charge in [-0.25, -0.2) is 0 Å². The molecule has 112 valence electrons. The molecule has 1 aromatic rings. The van der Waals surface area contributed by atoms with Crippen molar-refractivity contribution in [2.45, 2.75) is 19.4 Å². The Morgan fingerprint density at radius 1 is 1.20 bits per heavy atom. The van der Waals surface area contributed by atoms with E-state index in [4.69, 9.17) is 14.2 Å². The van der Waals surface area contributed by atoms with Gasteiger partial charge in [-0.3, -0.25) is 4.79 Å². The first-order valence-electron chi connectivity index (χ1n) is 6.34. The molecule has 1 unspecified atom stereocenters. The Bertz CT molecular complexity index is 461. The van der Waals surface area contributed by atoms with E-state index in [0.29, 0.717) is 29.2 Å². The molecule has 0 aromatic heterocycles. The Hall–Kier alpha value is -1.95. The first-order chi connectivity index (χ1) is 9.58. The molecule has 2 N–H and O–H groups in total. The number of rotatable bonds is 7. The number of aliphatic hydroxyl groups excluding tert-OH is 1. The van der Waals surface area contributed by atoms with Crippen LogP contribution in [0, 0.1) is 0 Å². The molecule has 1 atom stereocenters. The number of benzene rings is 1. The van der Waals surface area contributed by atoms with Crippen LogP contribution in [0.1, 0.15) is 23.7 Å². The molecule has 0 radical (unpaired) electrons. The summed E-state index contributed by atoms with van der Waals surface area (Å²) in [5.74, 6) is 0.804. The van der Waals surface area contributed by atoms with E-state index >= 15 is 0 Å². The van der Waals surface area contributed by atoms with Crippen LogP contribution >= 0.6 is 0 Å². The second-order valence-corrected chi connectivity index (χ2v) is 4.15. The summed E-state index contributed by atoms with van der Waals surface area (Å²) in [6, 6.07) is 3.22. The summed E-state index contributed by atoms with van der Waals surface area (Å²) in [5, 5.41) is 12.1. The van der Waals surface area contributed by atoms with Gasteiger partial charge < -0.3 is 24.6 Å². The molecule has 1 aromatic carbocycles. The number of amides is 1. The average Bonchev–Trinajstić information content (AvgIpc) is 2.50. The molecule has 20 heavy (non-hydrogen) atoms. The van der Waals surface area contributed by atoms with Gasteiger partial charge in [-0.1, -0.05) is 6.92 Å². The number of nitrogens with one attached hydrogen (secondary N) is 1. The molecular weight excluding hydrogens is 262 g/mol. The number of methoxy groups -OCH3 is 3. The Kier molecular flexibility index (Phi) is 6.11. The van der Waals surface area contributed by atoms with Crippen molar-refractivity contribution in [3.05, 3.63) is 17.7 Å². The lowest BCUT2D eigenvalue weighted by molar-refractivity contribution is 0.0910. The fraction of sp³-hybridized carbons (Fsp3) is 0.500. The van der Waals surface area contributed by atoms with Crippen LogP contribution in [-0.2, 0) is 0 Å². The first kappa shape index (κ1) is 16.1. The number of hydrogen-bond donors (Lipinski definition) is 2. The van der Waals surface area contributed by atoms with Crippen LogP contribution in [0.3, 0.4) is 0 Å². The van der Waals surface area contributed by atoms with Gasteiger partial charge in [-0.2, -0.15) is 0 Å². The maximum atomic E-state index is 12.1. The highest BCUT2D eigenvalue weighted by atomic mass is 16.5. The van der Waals surface area contributed by atoms with E-state index in [1.54, 1.807) is 12.1 Å². The maximum absolute atomic E-state index is 12.1. The van der Waals surface area contributed by atoms with Crippen molar-refractivity contribution < 1.29 is 24.1 Å². The molecule has 0 heterocycles. The van der Waals surface area contributed by atoms with Gasteiger partial charge in [-0.15, -0.1) is 0 Å². The normalized spacial score (nSPS) is 11.7. The van der Waals surface area contributed by atoms with Gasteiger partial charge in [0.25, 0.3) is 5.91 Å². The molecule has 0 spiro atoms. The number of aliphatic hydroxyl groups is 1. The van der Waals surface area contributed by atoms with Crippen molar-refractivity contribution in [2.24, 2.45) is 0 Å². The maximum Gasteiger partial charge on any atom is 0.255 e. The van der Waals surface area contributed by atoms with Crippen LogP contribution in [0.25, 0.3) is 0 Å². The van der Waals surface area contributed by atoms with Gasteiger partial charge in [0.05, 0.1) is 33.0 Å². The third-order valence-corrected chi connectivity index (χ3v) is 2.92. The second kappa shape index (κ2) is 7.59. The van der Waals surface area contributed by atoms with Crippen molar-refractivity contribution in [3.8, 4) is 17.2 Å². The molecule has 0 aliphatic carbocycles. The molecule has 0 fully saturated rings. The monoisotopic (exact) mass is 283 g/mol. The molecular formula is C14H21NO5. The Morgan fingerprint density at radius 2 is 1.85 bits per heavy atom. The van der Waals surface area contributed by atoms with Crippen LogP contribution in [0.5, 0.6) is 17.2 Å². The Morgan fingerprint density at radius 3 is 2.35 bits per heavy atom. The lowest BCUT2D eigenvalue weighted by atomic mass is 10.1. The zero-order chi connectivity index (χ0) is 15.1. The standard InChI is InChI=1S/C14H21NO5/c1-5-9(16)8-15-14(17)10-6-7-11(18-2)13(20-4)12(10)19-3/h6-7,9,16H,5,8H2,1-4H3,(H,15,17). The summed E-state index contributed by atoms with van der Waals surface area (Å²) in [6.45, 7) is 2.03. The lowest BCUT2D eigenvalue weighted by Gasteiger charge is -2.16. The van der Waals surface area contributed by atoms with Crippen LogP contribution in [0.15, 0.2) is 12.1 Å². The molecule has 6 nitrogen and oxygen atoms in total. The predicted octanol–water partition coefficient (Wildman–Crippen LogP) is 1.21.